The van der Waals surface area contributed by atoms with Gasteiger partial charge < -0.3 is 19.9 Å². The summed E-state index contributed by atoms with van der Waals surface area (Å²) >= 11 is 0. The smallest absolute Gasteiger partial charge is 0.254 e. The van der Waals surface area contributed by atoms with Crippen molar-refractivity contribution in [1.82, 2.24) is 10.2 Å². The van der Waals surface area contributed by atoms with E-state index in [0.717, 1.165) is 55.6 Å². The zero-order chi connectivity index (χ0) is 23.7. The van der Waals surface area contributed by atoms with Crippen molar-refractivity contribution in [3.05, 3.63) is 65.2 Å². The molecule has 2 amide bonds. The van der Waals surface area contributed by atoms with Crippen LogP contribution in [0.3, 0.4) is 0 Å². The van der Waals surface area contributed by atoms with E-state index >= 15 is 0 Å². The molecule has 180 valence electrons. The summed E-state index contributed by atoms with van der Waals surface area (Å²) in [5, 5.41) is 3.29. The average Bonchev–Trinajstić information content (AvgIpc) is 3.01. The van der Waals surface area contributed by atoms with Gasteiger partial charge >= 0.3 is 0 Å². The molecule has 0 unspecified atom stereocenters. The molecule has 6 heteroatoms. The van der Waals surface area contributed by atoms with Gasteiger partial charge in [-0.3, -0.25) is 9.59 Å². The zero-order valence-electron chi connectivity index (χ0n) is 20.3. The summed E-state index contributed by atoms with van der Waals surface area (Å²) in [6.45, 7) is 7.29. The maximum absolute atomic E-state index is 14.3. The zero-order valence-corrected chi connectivity index (χ0v) is 20.3. The molecule has 1 N–H and O–H groups in total. The molecule has 0 saturated carbocycles. The Morgan fingerprint density at radius 3 is 2.65 bits per heavy atom. The van der Waals surface area contributed by atoms with Crippen molar-refractivity contribution >= 4 is 17.5 Å². The third kappa shape index (κ3) is 4.31. The molecule has 5 rings (SSSR count). The normalized spacial score (nSPS) is 27.2. The summed E-state index contributed by atoms with van der Waals surface area (Å²) < 4.78 is 5.53. The van der Waals surface area contributed by atoms with Crippen LogP contribution in [0.4, 0.5) is 5.69 Å². The monoisotopic (exact) mass is 461 g/mol. The highest BCUT2D eigenvalue weighted by atomic mass is 16.5. The Morgan fingerprint density at radius 2 is 1.88 bits per heavy atom. The number of nitrogens with zero attached hydrogens (tertiary/aromatic N) is 2. The first-order chi connectivity index (χ1) is 16.5. The van der Waals surface area contributed by atoms with Crippen molar-refractivity contribution < 1.29 is 14.3 Å². The minimum atomic E-state index is -0.404. The van der Waals surface area contributed by atoms with Crippen molar-refractivity contribution in [3.63, 3.8) is 0 Å². The number of likely N-dealkylation sites (tertiary alicyclic amines) is 1. The molecular weight excluding hydrogens is 426 g/mol. The molecule has 3 saturated heterocycles. The summed E-state index contributed by atoms with van der Waals surface area (Å²) in [7, 11) is 0. The maximum Gasteiger partial charge on any atom is 0.254 e. The lowest BCUT2D eigenvalue weighted by atomic mass is 9.88. The molecule has 2 aromatic carbocycles. The summed E-state index contributed by atoms with van der Waals surface area (Å²) in [5.74, 6) is 0.182. The highest BCUT2D eigenvalue weighted by molar-refractivity contribution is 5.98. The van der Waals surface area contributed by atoms with Gasteiger partial charge in [0.15, 0.2) is 0 Å². The molecular formula is C28H35N3O3. The van der Waals surface area contributed by atoms with E-state index in [9.17, 15) is 9.59 Å². The summed E-state index contributed by atoms with van der Waals surface area (Å²) in [5.41, 5.74) is 3.72. The number of nitrogens with one attached hydrogen (secondary N) is 1. The van der Waals surface area contributed by atoms with E-state index in [1.54, 1.807) is 0 Å². The van der Waals surface area contributed by atoms with Gasteiger partial charge in [-0.1, -0.05) is 36.4 Å². The van der Waals surface area contributed by atoms with Crippen LogP contribution in [0, 0.1) is 6.92 Å². The van der Waals surface area contributed by atoms with Crippen molar-refractivity contribution in [2.45, 2.75) is 63.6 Å². The fraction of sp³-hybridized carbons (Fsp3) is 0.500. The molecule has 0 radical (unpaired) electrons. The Balaban J connectivity index is 1.50. The Labute approximate surface area is 202 Å². The molecule has 3 aliphatic heterocycles. The topological polar surface area (TPSA) is 61.9 Å². The first-order valence-electron chi connectivity index (χ1n) is 12.6. The van der Waals surface area contributed by atoms with Crippen molar-refractivity contribution in [2.24, 2.45) is 0 Å². The van der Waals surface area contributed by atoms with E-state index in [2.05, 4.69) is 47.2 Å². The Kier molecular flexibility index (Phi) is 6.34. The molecule has 6 nitrogen and oxygen atoms in total. The van der Waals surface area contributed by atoms with E-state index in [0.29, 0.717) is 19.6 Å². The van der Waals surface area contributed by atoms with Crippen LogP contribution >= 0.6 is 0 Å². The van der Waals surface area contributed by atoms with Gasteiger partial charge in [0, 0.05) is 36.8 Å². The number of ether oxygens (including phenoxy) is 1. The van der Waals surface area contributed by atoms with Gasteiger partial charge in [0.05, 0.1) is 24.8 Å². The second-order valence-corrected chi connectivity index (χ2v) is 10.2. The summed E-state index contributed by atoms with van der Waals surface area (Å²) in [6, 6.07) is 16.5. The number of carbonyl (C=O) groups is 2. The Morgan fingerprint density at radius 1 is 1.12 bits per heavy atom. The van der Waals surface area contributed by atoms with Gasteiger partial charge in [-0.05, 0) is 62.8 Å². The second kappa shape index (κ2) is 9.41. The highest BCUT2D eigenvalue weighted by Gasteiger charge is 2.52. The molecule has 2 aromatic rings. The van der Waals surface area contributed by atoms with Gasteiger partial charge in [-0.15, -0.1) is 0 Å². The molecule has 0 aliphatic carbocycles. The van der Waals surface area contributed by atoms with Crippen LogP contribution in [0.15, 0.2) is 48.5 Å². The van der Waals surface area contributed by atoms with Crippen LogP contribution in [-0.4, -0.2) is 60.6 Å². The lowest BCUT2D eigenvalue weighted by molar-refractivity contribution is -0.122. The number of fused-ring (bicyclic) bond motifs is 1. The number of benzene rings is 2. The number of hydrogen-bond acceptors (Lipinski definition) is 4. The standard InChI is InChI=1S/C28H35N3O3/c1-20-23(10-6-11-24(20)30-14-16-34-17-15-30)27(33)31-22(18-21-8-4-3-5-9-21)19-28(2)25(31)12-7-13-26(32)29-28/h3-6,8-11,22,25H,7,12-19H2,1-2H3,(H,29,32)/t22-,25+,28+/m1/s1. The fourth-order valence-corrected chi connectivity index (χ4v) is 6.22. The molecule has 34 heavy (non-hydrogen) atoms. The van der Waals surface area contributed by atoms with E-state index in [-0.39, 0.29) is 23.9 Å². The third-order valence-electron chi connectivity index (χ3n) is 7.87. The van der Waals surface area contributed by atoms with E-state index in [1.807, 2.05) is 30.3 Å². The molecule has 3 atom stereocenters. The van der Waals surface area contributed by atoms with Crippen LogP contribution in [0.5, 0.6) is 0 Å². The number of hydrogen-bond donors (Lipinski definition) is 1. The van der Waals surface area contributed by atoms with Crippen molar-refractivity contribution in [3.8, 4) is 0 Å². The van der Waals surface area contributed by atoms with Gasteiger partial charge in [-0.2, -0.15) is 0 Å². The van der Waals surface area contributed by atoms with E-state index in [4.69, 9.17) is 4.74 Å². The highest BCUT2D eigenvalue weighted by Crippen LogP contribution is 2.41. The number of amides is 2. The third-order valence-corrected chi connectivity index (χ3v) is 7.87. The predicted octanol–water partition coefficient (Wildman–Crippen LogP) is 3.72. The van der Waals surface area contributed by atoms with Crippen molar-refractivity contribution in [2.75, 3.05) is 31.2 Å². The SMILES string of the molecule is Cc1c(C(=O)N2[C@H](Cc3ccccc3)C[C@]3(C)NC(=O)CCC[C@H]23)cccc1N1CCOCC1. The summed E-state index contributed by atoms with van der Waals surface area (Å²) in [4.78, 5) is 31.2. The number of anilines is 1. The lowest BCUT2D eigenvalue weighted by Gasteiger charge is -2.36. The average molecular weight is 462 g/mol. The van der Waals surface area contributed by atoms with Crippen LogP contribution in [-0.2, 0) is 16.0 Å². The fourth-order valence-electron chi connectivity index (χ4n) is 6.22. The largest absolute Gasteiger partial charge is 0.378 e. The van der Waals surface area contributed by atoms with Crippen LogP contribution in [0.25, 0.3) is 0 Å². The Bertz CT molecular complexity index is 1050. The Hall–Kier alpha value is -2.86. The maximum atomic E-state index is 14.3. The minimum absolute atomic E-state index is 0.00777. The summed E-state index contributed by atoms with van der Waals surface area (Å²) in [6.07, 6.45) is 3.74. The lowest BCUT2D eigenvalue weighted by Crippen LogP contribution is -2.54. The molecule has 3 fully saturated rings. The van der Waals surface area contributed by atoms with Crippen LogP contribution in [0.1, 0.15) is 54.1 Å². The van der Waals surface area contributed by atoms with Gasteiger partial charge in [0.1, 0.15) is 0 Å². The molecule has 0 spiro atoms. The second-order valence-electron chi connectivity index (χ2n) is 10.2. The molecule has 0 aromatic heterocycles. The number of carbonyl (C=O) groups excluding carboxylic acids is 2. The number of morpholine rings is 1. The number of rotatable bonds is 4. The molecule has 3 aliphatic rings. The van der Waals surface area contributed by atoms with E-state index < -0.39 is 5.54 Å². The molecule has 3 heterocycles. The van der Waals surface area contributed by atoms with E-state index in [1.165, 1.54) is 5.56 Å². The van der Waals surface area contributed by atoms with Crippen molar-refractivity contribution in [1.29, 1.82) is 0 Å². The van der Waals surface area contributed by atoms with Gasteiger partial charge in [0.2, 0.25) is 5.91 Å². The minimum Gasteiger partial charge on any atom is -0.378 e. The predicted molar refractivity (Wildman–Crippen MR) is 133 cm³/mol. The van der Waals surface area contributed by atoms with Gasteiger partial charge in [-0.25, -0.2) is 0 Å². The quantitative estimate of drug-likeness (QED) is 0.754. The van der Waals surface area contributed by atoms with Crippen LogP contribution in [0.2, 0.25) is 0 Å². The van der Waals surface area contributed by atoms with Crippen LogP contribution < -0.4 is 10.2 Å². The first-order valence-corrected chi connectivity index (χ1v) is 12.6. The molecule has 0 bridgehead atoms. The van der Waals surface area contributed by atoms with Gasteiger partial charge in [0.25, 0.3) is 5.91 Å². The first kappa shape index (κ1) is 22.9.